The van der Waals surface area contributed by atoms with Crippen LogP contribution in [0.15, 0.2) is 64.4 Å². The number of nitrogens with two attached hydrogens (primary N) is 1. The van der Waals surface area contributed by atoms with Crippen LogP contribution < -0.4 is 11.1 Å². The average Bonchev–Trinajstić information content (AvgIpc) is 2.59. The van der Waals surface area contributed by atoms with Crippen molar-refractivity contribution in [2.24, 2.45) is 5.73 Å². The number of benzene rings is 2. The van der Waals surface area contributed by atoms with E-state index in [1.54, 1.807) is 11.8 Å². The third-order valence-electron chi connectivity index (χ3n) is 3.53. The van der Waals surface area contributed by atoms with Gasteiger partial charge in [-0.15, -0.1) is 12.4 Å². The lowest BCUT2D eigenvalue weighted by molar-refractivity contribution is -0.122. The van der Waals surface area contributed by atoms with Gasteiger partial charge in [0.15, 0.2) is 0 Å². The van der Waals surface area contributed by atoms with Crippen LogP contribution >= 0.6 is 24.2 Å². The fourth-order valence-electron chi connectivity index (χ4n) is 2.15. The van der Waals surface area contributed by atoms with E-state index in [-0.39, 0.29) is 30.5 Å². The number of rotatable bonds is 8. The standard InChI is InChI=1S/C18H22N2O3S2.ClH/c1-25(22,23)12-11-16(19)18(21)20-13-14-7-5-6-10-17(14)24-15-8-3-2-4-9-15;/h2-10,16H,11-13,19H2,1H3,(H,20,21);1H. The zero-order chi connectivity index (χ0) is 18.3. The fraction of sp³-hybridized carbons (Fsp3) is 0.278. The summed E-state index contributed by atoms with van der Waals surface area (Å²) in [5, 5.41) is 2.79. The average molecular weight is 415 g/mol. The first-order valence-electron chi connectivity index (χ1n) is 7.87. The molecular weight excluding hydrogens is 392 g/mol. The minimum Gasteiger partial charge on any atom is -0.351 e. The van der Waals surface area contributed by atoms with Gasteiger partial charge in [-0.1, -0.05) is 48.2 Å². The molecule has 142 valence electrons. The second-order valence-electron chi connectivity index (χ2n) is 5.77. The maximum atomic E-state index is 12.1. The van der Waals surface area contributed by atoms with E-state index in [0.29, 0.717) is 6.54 Å². The molecule has 0 radical (unpaired) electrons. The quantitative estimate of drug-likeness (QED) is 0.693. The highest BCUT2D eigenvalue weighted by atomic mass is 35.5. The van der Waals surface area contributed by atoms with Gasteiger partial charge in [-0.05, 0) is 30.2 Å². The summed E-state index contributed by atoms with van der Waals surface area (Å²) in [7, 11) is -3.12. The SMILES string of the molecule is CS(=O)(=O)CCC(N)C(=O)NCc1ccccc1Sc1ccccc1.Cl. The maximum absolute atomic E-state index is 12.1. The summed E-state index contributed by atoms with van der Waals surface area (Å²) >= 11 is 1.63. The monoisotopic (exact) mass is 414 g/mol. The predicted octanol–water partition coefficient (Wildman–Crippen LogP) is 2.64. The van der Waals surface area contributed by atoms with Gasteiger partial charge in [-0.25, -0.2) is 8.42 Å². The minimum atomic E-state index is -3.12. The van der Waals surface area contributed by atoms with Gasteiger partial charge in [-0.3, -0.25) is 4.79 Å². The van der Waals surface area contributed by atoms with Crippen molar-refractivity contribution in [1.82, 2.24) is 5.32 Å². The Kier molecular flexibility index (Phi) is 9.15. The Morgan fingerprint density at radius 3 is 2.38 bits per heavy atom. The summed E-state index contributed by atoms with van der Waals surface area (Å²) in [6, 6.07) is 17.0. The van der Waals surface area contributed by atoms with Crippen LogP contribution in [0.4, 0.5) is 0 Å². The van der Waals surface area contributed by atoms with Crippen molar-refractivity contribution >= 4 is 39.9 Å². The first-order valence-corrected chi connectivity index (χ1v) is 10.7. The first kappa shape index (κ1) is 22.5. The van der Waals surface area contributed by atoms with Crippen LogP contribution in [0, 0.1) is 0 Å². The molecule has 0 spiro atoms. The second-order valence-corrected chi connectivity index (χ2v) is 9.14. The normalized spacial score (nSPS) is 12.1. The van der Waals surface area contributed by atoms with Crippen LogP contribution in [0.25, 0.3) is 0 Å². The highest BCUT2D eigenvalue weighted by molar-refractivity contribution is 7.99. The number of carbonyl (C=O) groups excluding carboxylic acids is 1. The van der Waals surface area contributed by atoms with Gasteiger partial charge in [0.2, 0.25) is 5.91 Å². The van der Waals surface area contributed by atoms with Crippen molar-refractivity contribution in [2.75, 3.05) is 12.0 Å². The topological polar surface area (TPSA) is 89.3 Å². The zero-order valence-corrected chi connectivity index (χ0v) is 16.9. The summed E-state index contributed by atoms with van der Waals surface area (Å²) < 4.78 is 22.3. The Morgan fingerprint density at radius 2 is 1.73 bits per heavy atom. The summed E-state index contributed by atoms with van der Waals surface area (Å²) in [6.07, 6.45) is 1.25. The van der Waals surface area contributed by atoms with E-state index in [4.69, 9.17) is 5.73 Å². The molecule has 0 aliphatic heterocycles. The Morgan fingerprint density at radius 1 is 1.12 bits per heavy atom. The number of hydrogen-bond donors (Lipinski definition) is 2. The molecule has 5 nitrogen and oxygen atoms in total. The van der Waals surface area contributed by atoms with E-state index >= 15 is 0 Å². The van der Waals surface area contributed by atoms with Gasteiger partial charge in [0.05, 0.1) is 11.8 Å². The van der Waals surface area contributed by atoms with E-state index in [0.717, 1.165) is 21.6 Å². The van der Waals surface area contributed by atoms with Crippen LogP contribution in [-0.2, 0) is 21.2 Å². The molecule has 0 fully saturated rings. The highest BCUT2D eigenvalue weighted by Crippen LogP contribution is 2.30. The number of halogens is 1. The fourth-order valence-corrected chi connectivity index (χ4v) is 3.80. The van der Waals surface area contributed by atoms with Crippen molar-refractivity contribution in [3.8, 4) is 0 Å². The van der Waals surface area contributed by atoms with Crippen molar-refractivity contribution in [3.63, 3.8) is 0 Å². The molecule has 8 heteroatoms. The lowest BCUT2D eigenvalue weighted by atomic mass is 10.2. The molecule has 0 aliphatic rings. The molecule has 26 heavy (non-hydrogen) atoms. The molecule has 2 rings (SSSR count). The maximum Gasteiger partial charge on any atom is 0.237 e. The van der Waals surface area contributed by atoms with E-state index < -0.39 is 15.9 Å². The smallest absolute Gasteiger partial charge is 0.237 e. The molecule has 0 saturated carbocycles. The molecule has 1 atom stereocenters. The van der Waals surface area contributed by atoms with Crippen molar-refractivity contribution < 1.29 is 13.2 Å². The van der Waals surface area contributed by atoms with Crippen LogP contribution in [0.2, 0.25) is 0 Å². The number of hydrogen-bond acceptors (Lipinski definition) is 5. The van der Waals surface area contributed by atoms with Crippen LogP contribution in [0.5, 0.6) is 0 Å². The van der Waals surface area contributed by atoms with Crippen LogP contribution in [-0.4, -0.2) is 32.4 Å². The molecule has 0 aliphatic carbocycles. The summed E-state index contributed by atoms with van der Waals surface area (Å²) in [5.74, 6) is -0.439. The molecule has 2 aromatic carbocycles. The van der Waals surface area contributed by atoms with Crippen molar-refractivity contribution in [3.05, 3.63) is 60.2 Å². The van der Waals surface area contributed by atoms with Crippen molar-refractivity contribution in [1.29, 1.82) is 0 Å². The van der Waals surface area contributed by atoms with E-state index in [1.807, 2.05) is 54.6 Å². The minimum absolute atomic E-state index is 0. The van der Waals surface area contributed by atoms with Gasteiger partial charge in [-0.2, -0.15) is 0 Å². The number of carbonyl (C=O) groups is 1. The number of amides is 1. The Hall–Kier alpha value is -1.54. The third kappa shape index (κ3) is 7.78. The van der Waals surface area contributed by atoms with Gasteiger partial charge < -0.3 is 11.1 Å². The van der Waals surface area contributed by atoms with Gasteiger partial charge in [0.25, 0.3) is 0 Å². The molecule has 3 N–H and O–H groups in total. The van der Waals surface area contributed by atoms with E-state index in [9.17, 15) is 13.2 Å². The summed E-state index contributed by atoms with van der Waals surface area (Å²) in [6.45, 7) is 0.349. The number of sulfone groups is 1. The second kappa shape index (κ2) is 10.6. The van der Waals surface area contributed by atoms with Crippen LogP contribution in [0.3, 0.4) is 0 Å². The van der Waals surface area contributed by atoms with E-state index in [1.165, 1.54) is 0 Å². The van der Waals surface area contributed by atoms with Gasteiger partial charge in [0.1, 0.15) is 9.84 Å². The molecule has 0 heterocycles. The highest BCUT2D eigenvalue weighted by Gasteiger charge is 2.16. The first-order chi connectivity index (χ1) is 11.8. The molecule has 1 unspecified atom stereocenters. The summed E-state index contributed by atoms with van der Waals surface area (Å²) in [4.78, 5) is 14.2. The lowest BCUT2D eigenvalue weighted by Crippen LogP contribution is -2.41. The van der Waals surface area contributed by atoms with Crippen LogP contribution in [0.1, 0.15) is 12.0 Å². The largest absolute Gasteiger partial charge is 0.351 e. The molecule has 1 amide bonds. The number of nitrogens with one attached hydrogen (secondary N) is 1. The Balaban J connectivity index is 0.00000338. The van der Waals surface area contributed by atoms with Gasteiger partial charge in [0, 0.05) is 22.6 Å². The lowest BCUT2D eigenvalue weighted by Gasteiger charge is -2.14. The molecule has 2 aromatic rings. The Bertz CT molecular complexity index is 814. The molecular formula is C18H23ClN2O3S2. The third-order valence-corrected chi connectivity index (χ3v) is 5.64. The van der Waals surface area contributed by atoms with E-state index in [2.05, 4.69) is 5.32 Å². The predicted molar refractivity (Wildman–Crippen MR) is 108 cm³/mol. The van der Waals surface area contributed by atoms with Crippen molar-refractivity contribution in [2.45, 2.75) is 28.8 Å². The molecule has 0 bridgehead atoms. The molecule has 0 saturated heterocycles. The summed E-state index contributed by atoms with van der Waals surface area (Å²) in [5.41, 5.74) is 6.75. The Labute approximate surface area is 165 Å². The van der Waals surface area contributed by atoms with Gasteiger partial charge >= 0.3 is 0 Å². The molecule has 0 aromatic heterocycles. The zero-order valence-electron chi connectivity index (χ0n) is 14.4.